The van der Waals surface area contributed by atoms with Crippen LogP contribution in [0.1, 0.15) is 10.4 Å². The van der Waals surface area contributed by atoms with Crippen molar-refractivity contribution in [2.45, 2.75) is 0 Å². The number of carboxylic acid groups (broad SMARTS) is 1. The third-order valence-corrected chi connectivity index (χ3v) is 0.897. The van der Waals surface area contributed by atoms with Gasteiger partial charge in [-0.3, -0.25) is 21.9 Å². The zero-order valence-electron chi connectivity index (χ0n) is 6.81. The van der Waals surface area contributed by atoms with Crippen LogP contribution < -0.4 is 22.0 Å². The number of pyridine rings is 1. The van der Waals surface area contributed by atoms with Gasteiger partial charge in [0.15, 0.2) is 0 Å². The zero-order valence-corrected chi connectivity index (χ0v) is 6.81. The van der Waals surface area contributed by atoms with Crippen LogP contribution in [0.4, 0.5) is 0 Å². The third kappa shape index (κ3) is 6.29. The van der Waals surface area contributed by atoms with Crippen molar-refractivity contribution in [1.29, 1.82) is 0 Å². The molecule has 0 aliphatic carbocycles. The summed E-state index contributed by atoms with van der Waals surface area (Å²) in [6, 6.07) is 2.98. The number of guanidine groups is 1. The van der Waals surface area contributed by atoms with E-state index in [9.17, 15) is 9.90 Å². The smallest absolute Gasteiger partial charge is 0.336 e. The second-order valence-electron chi connectivity index (χ2n) is 2.03. The van der Waals surface area contributed by atoms with Crippen molar-refractivity contribution >= 4 is 11.9 Å². The molecule has 13 heavy (non-hydrogen) atoms. The molecule has 0 aromatic carbocycles. The van der Waals surface area contributed by atoms with E-state index >= 15 is 0 Å². The minimum atomic E-state index is -1.19. The molecule has 1 rings (SSSR count). The zero-order chi connectivity index (χ0) is 10.3. The molecule has 6 heteroatoms. The summed E-state index contributed by atoms with van der Waals surface area (Å²) in [5, 5.41) is 14.6. The van der Waals surface area contributed by atoms with Crippen LogP contribution in [0.3, 0.4) is 0 Å². The van der Waals surface area contributed by atoms with E-state index in [2.05, 4.69) is 21.9 Å². The van der Waals surface area contributed by atoms with Crippen LogP contribution in [0.25, 0.3) is 0 Å². The lowest BCUT2D eigenvalue weighted by Gasteiger charge is -1.97. The SMILES string of the molecule is NC(N)=[NH2+].O=C([O-])c1cccnc1. The van der Waals surface area contributed by atoms with Gasteiger partial charge in [-0.2, -0.15) is 0 Å². The van der Waals surface area contributed by atoms with Gasteiger partial charge in [0, 0.05) is 18.0 Å². The lowest BCUT2D eigenvalue weighted by molar-refractivity contribution is -0.255. The number of aromatic carboxylic acids is 1. The van der Waals surface area contributed by atoms with Crippen molar-refractivity contribution in [3.8, 4) is 0 Å². The molecule has 70 valence electrons. The summed E-state index contributed by atoms with van der Waals surface area (Å²) in [7, 11) is 0. The molecule has 6 N–H and O–H groups in total. The monoisotopic (exact) mass is 182 g/mol. The maximum atomic E-state index is 10.0. The van der Waals surface area contributed by atoms with Crippen molar-refractivity contribution in [1.82, 2.24) is 4.98 Å². The number of hydrogen-bond donors (Lipinski definition) is 3. The van der Waals surface area contributed by atoms with E-state index in [0.29, 0.717) is 0 Å². The van der Waals surface area contributed by atoms with E-state index in [0.717, 1.165) is 0 Å². The fourth-order valence-electron chi connectivity index (χ4n) is 0.484. The summed E-state index contributed by atoms with van der Waals surface area (Å²) in [5.41, 5.74) is 9.28. The van der Waals surface area contributed by atoms with Gasteiger partial charge < -0.3 is 9.90 Å². The van der Waals surface area contributed by atoms with Crippen LogP contribution in [-0.4, -0.2) is 16.9 Å². The number of rotatable bonds is 1. The summed E-state index contributed by atoms with van der Waals surface area (Å²) in [4.78, 5) is 13.6. The fourth-order valence-corrected chi connectivity index (χ4v) is 0.484. The average Bonchev–Trinajstić information content (AvgIpc) is 2.05. The first-order valence-corrected chi connectivity index (χ1v) is 3.28. The molecule has 0 spiro atoms. The van der Waals surface area contributed by atoms with E-state index in [-0.39, 0.29) is 11.5 Å². The predicted octanol–water partition coefficient (Wildman–Crippen LogP) is -3.54. The molecule has 6 nitrogen and oxygen atoms in total. The van der Waals surface area contributed by atoms with E-state index < -0.39 is 5.97 Å². The molecule has 0 radical (unpaired) electrons. The first-order chi connectivity index (χ1) is 6.04. The topological polar surface area (TPSA) is 131 Å². The Hall–Kier alpha value is -2.11. The van der Waals surface area contributed by atoms with Crippen LogP contribution in [0.2, 0.25) is 0 Å². The minimum absolute atomic E-state index is 0.0833. The maximum absolute atomic E-state index is 10.0. The number of aromatic nitrogens is 1. The second-order valence-corrected chi connectivity index (χ2v) is 2.03. The molecule has 0 aliphatic heterocycles. The molecular weight excluding hydrogens is 172 g/mol. The standard InChI is InChI=1S/C6H5NO2.CH5N3/c8-6(9)5-2-1-3-7-4-5;2-1(3)4/h1-4H,(H,8,9);(H5,2,3,4). The van der Waals surface area contributed by atoms with E-state index in [4.69, 9.17) is 0 Å². The summed E-state index contributed by atoms with van der Waals surface area (Å²) < 4.78 is 0. The van der Waals surface area contributed by atoms with Gasteiger partial charge in [-0.1, -0.05) is 6.07 Å². The number of nitrogens with two attached hydrogens (primary N) is 3. The molecule has 0 saturated carbocycles. The van der Waals surface area contributed by atoms with Crippen molar-refractivity contribution in [2.24, 2.45) is 11.5 Å². The lowest BCUT2D eigenvalue weighted by atomic mass is 10.3. The molecule has 0 amide bonds. The van der Waals surface area contributed by atoms with Gasteiger partial charge >= 0.3 is 5.96 Å². The van der Waals surface area contributed by atoms with Gasteiger partial charge in [-0.25, -0.2) is 0 Å². The van der Waals surface area contributed by atoms with Crippen LogP contribution in [0.15, 0.2) is 24.5 Å². The number of hydrogen-bond acceptors (Lipinski definition) is 3. The van der Waals surface area contributed by atoms with Gasteiger partial charge in [0.1, 0.15) is 0 Å². The number of carboxylic acids is 1. The Bertz CT molecular complexity index is 282. The van der Waals surface area contributed by atoms with E-state index in [1.54, 1.807) is 6.07 Å². The highest BCUT2D eigenvalue weighted by Crippen LogP contribution is 1.90. The Labute approximate surface area is 74.7 Å². The lowest BCUT2D eigenvalue weighted by Crippen LogP contribution is -2.51. The quantitative estimate of drug-likeness (QED) is 0.306. The molecule has 0 bridgehead atoms. The highest BCUT2D eigenvalue weighted by Gasteiger charge is 1.87. The highest BCUT2D eigenvalue weighted by molar-refractivity contribution is 5.85. The molecule has 0 fully saturated rings. The van der Waals surface area contributed by atoms with Crippen LogP contribution in [-0.2, 0) is 0 Å². The molecule has 0 atom stereocenters. The van der Waals surface area contributed by atoms with Gasteiger partial charge in [-0.05, 0) is 6.07 Å². The number of carbonyl (C=O) groups excluding carboxylic acids is 1. The first-order valence-electron chi connectivity index (χ1n) is 3.28. The second kappa shape index (κ2) is 5.53. The molecule has 1 aromatic heterocycles. The fraction of sp³-hybridized carbons (Fsp3) is 0. The molecule has 0 aliphatic rings. The molecule has 0 unspecified atom stereocenters. The van der Waals surface area contributed by atoms with Crippen LogP contribution in [0.5, 0.6) is 0 Å². The Morgan fingerprint density at radius 1 is 1.54 bits per heavy atom. The average molecular weight is 182 g/mol. The molecule has 1 aromatic rings. The Kier molecular flexibility index (Phi) is 4.63. The Balaban J connectivity index is 0.000000310. The first kappa shape index (κ1) is 10.9. The molecule has 1 heterocycles. The van der Waals surface area contributed by atoms with Crippen molar-refractivity contribution in [3.63, 3.8) is 0 Å². The summed E-state index contributed by atoms with van der Waals surface area (Å²) >= 11 is 0. The van der Waals surface area contributed by atoms with Crippen LogP contribution in [0, 0.1) is 0 Å². The normalized spacial score (nSPS) is 8.00. The van der Waals surface area contributed by atoms with Crippen molar-refractivity contribution < 1.29 is 15.3 Å². The van der Waals surface area contributed by atoms with Crippen LogP contribution >= 0.6 is 0 Å². The van der Waals surface area contributed by atoms with Crippen molar-refractivity contribution in [3.05, 3.63) is 30.1 Å². The minimum Gasteiger partial charge on any atom is -0.545 e. The molecular formula is C7H10N4O2. The third-order valence-electron chi connectivity index (χ3n) is 0.897. The Morgan fingerprint density at radius 2 is 2.08 bits per heavy atom. The highest BCUT2D eigenvalue weighted by atomic mass is 16.4. The summed E-state index contributed by atoms with van der Waals surface area (Å²) in [5.74, 6) is -1.27. The predicted molar refractivity (Wildman–Crippen MR) is 43.9 cm³/mol. The van der Waals surface area contributed by atoms with Gasteiger partial charge in [-0.15, -0.1) is 0 Å². The van der Waals surface area contributed by atoms with E-state index in [1.165, 1.54) is 18.5 Å². The van der Waals surface area contributed by atoms with E-state index in [1.807, 2.05) is 0 Å². The van der Waals surface area contributed by atoms with Gasteiger partial charge in [0.25, 0.3) is 0 Å². The Morgan fingerprint density at radius 3 is 2.31 bits per heavy atom. The summed E-state index contributed by atoms with van der Waals surface area (Å²) in [6.07, 6.45) is 2.75. The number of carbonyl (C=O) groups is 1. The number of nitrogens with zero attached hydrogens (tertiary/aromatic N) is 1. The van der Waals surface area contributed by atoms with Gasteiger partial charge in [0.2, 0.25) is 0 Å². The largest absolute Gasteiger partial charge is 0.545 e. The molecule has 0 saturated heterocycles. The van der Waals surface area contributed by atoms with Gasteiger partial charge in [0.05, 0.1) is 5.97 Å². The summed E-state index contributed by atoms with van der Waals surface area (Å²) in [6.45, 7) is 0. The van der Waals surface area contributed by atoms with Crippen molar-refractivity contribution in [2.75, 3.05) is 0 Å². The maximum Gasteiger partial charge on any atom is 0.336 e.